The van der Waals surface area contributed by atoms with Gasteiger partial charge in [-0.2, -0.15) is 0 Å². The predicted molar refractivity (Wildman–Crippen MR) is 122 cm³/mol. The van der Waals surface area contributed by atoms with Crippen molar-refractivity contribution in [2.24, 2.45) is 0 Å². The third-order valence-corrected chi connectivity index (χ3v) is 7.04. The molecule has 1 aromatic heterocycles. The molecule has 0 N–H and O–H groups in total. The minimum absolute atomic E-state index is 0.0206. The van der Waals surface area contributed by atoms with Crippen LogP contribution in [0.4, 0.5) is 4.39 Å². The zero-order valence-corrected chi connectivity index (χ0v) is 18.4. The Morgan fingerprint density at radius 2 is 1.62 bits per heavy atom. The fraction of sp³-hybridized carbons (Fsp3) is 0.160. The smallest absolute Gasteiger partial charge is 0.242 e. The highest BCUT2D eigenvalue weighted by molar-refractivity contribution is 7.90. The van der Waals surface area contributed by atoms with Crippen LogP contribution in [0.3, 0.4) is 0 Å². The summed E-state index contributed by atoms with van der Waals surface area (Å²) in [5.41, 5.74) is 2.06. The summed E-state index contributed by atoms with van der Waals surface area (Å²) in [6.45, 7) is 0.238. The van der Waals surface area contributed by atoms with Crippen molar-refractivity contribution in [1.29, 1.82) is 0 Å². The van der Waals surface area contributed by atoms with Gasteiger partial charge in [0.15, 0.2) is 9.84 Å². The van der Waals surface area contributed by atoms with E-state index in [1.807, 2.05) is 12.1 Å². The summed E-state index contributed by atoms with van der Waals surface area (Å²) in [5, 5.41) is 0.587. The van der Waals surface area contributed by atoms with Crippen molar-refractivity contribution < 1.29 is 17.6 Å². The lowest BCUT2D eigenvalue weighted by Crippen LogP contribution is -2.29. The predicted octanol–water partition coefficient (Wildman–Crippen LogP) is 4.41. The molecule has 0 fully saturated rings. The van der Waals surface area contributed by atoms with E-state index in [0.29, 0.717) is 22.0 Å². The maximum Gasteiger partial charge on any atom is 0.242 e. The Morgan fingerprint density at radius 3 is 2.38 bits per heavy atom. The van der Waals surface area contributed by atoms with E-state index in [1.165, 1.54) is 23.2 Å². The van der Waals surface area contributed by atoms with Crippen molar-refractivity contribution >= 4 is 26.6 Å². The summed E-state index contributed by atoms with van der Waals surface area (Å²) < 4.78 is 41.5. The maximum absolute atomic E-state index is 13.4. The van der Waals surface area contributed by atoms with Crippen molar-refractivity contribution in [1.82, 2.24) is 9.47 Å². The average molecular weight is 451 g/mol. The van der Waals surface area contributed by atoms with Crippen LogP contribution < -0.4 is 0 Å². The van der Waals surface area contributed by atoms with Gasteiger partial charge in [-0.15, -0.1) is 0 Å². The summed E-state index contributed by atoms with van der Waals surface area (Å²) in [6.07, 6.45) is 1.54. The summed E-state index contributed by atoms with van der Waals surface area (Å²) in [5.74, 6) is -0.676. The SMILES string of the molecule is CN(Cc1cccc(F)c1)C(=O)Cn1cc(S(=O)(=O)Cc2ccccc2)c2ccccc21. The molecule has 0 aliphatic carbocycles. The van der Waals surface area contributed by atoms with Gasteiger partial charge in [-0.25, -0.2) is 12.8 Å². The number of nitrogens with zero attached hydrogens (tertiary/aromatic N) is 2. The van der Waals surface area contributed by atoms with Crippen LogP contribution >= 0.6 is 0 Å². The number of hydrogen-bond donors (Lipinski definition) is 0. The minimum atomic E-state index is -3.62. The van der Waals surface area contributed by atoms with E-state index in [1.54, 1.807) is 66.2 Å². The molecule has 0 aliphatic rings. The van der Waals surface area contributed by atoms with Gasteiger partial charge in [0, 0.05) is 30.7 Å². The van der Waals surface area contributed by atoms with Crippen molar-refractivity contribution in [3.63, 3.8) is 0 Å². The molecule has 0 atom stereocenters. The van der Waals surface area contributed by atoms with Crippen LogP contribution in [-0.2, 0) is 33.5 Å². The third kappa shape index (κ3) is 4.73. The molecular weight excluding hydrogens is 427 g/mol. The molecule has 4 aromatic rings. The Morgan fingerprint density at radius 1 is 0.938 bits per heavy atom. The minimum Gasteiger partial charge on any atom is -0.340 e. The van der Waals surface area contributed by atoms with Crippen LogP contribution in [0.2, 0.25) is 0 Å². The first-order valence-corrected chi connectivity index (χ1v) is 11.8. The number of likely N-dealkylation sites (N-methyl/N-ethyl adjacent to an activating group) is 1. The number of hydrogen-bond acceptors (Lipinski definition) is 3. The van der Waals surface area contributed by atoms with Crippen molar-refractivity contribution in [2.75, 3.05) is 7.05 Å². The van der Waals surface area contributed by atoms with Gasteiger partial charge in [-0.05, 0) is 29.3 Å². The van der Waals surface area contributed by atoms with Gasteiger partial charge in [-0.3, -0.25) is 4.79 Å². The van der Waals surface area contributed by atoms with E-state index >= 15 is 0 Å². The Bertz CT molecular complexity index is 1360. The van der Waals surface area contributed by atoms with Gasteiger partial charge < -0.3 is 9.47 Å². The van der Waals surface area contributed by atoms with Gasteiger partial charge in [0.2, 0.25) is 5.91 Å². The fourth-order valence-corrected chi connectivity index (χ4v) is 5.31. The normalized spacial score (nSPS) is 11.6. The molecule has 0 saturated heterocycles. The van der Waals surface area contributed by atoms with Crippen LogP contribution in [0.5, 0.6) is 0 Å². The highest BCUT2D eigenvalue weighted by atomic mass is 32.2. The zero-order valence-electron chi connectivity index (χ0n) is 17.6. The molecule has 1 heterocycles. The number of benzene rings is 3. The van der Waals surface area contributed by atoms with E-state index in [-0.39, 0.29) is 35.5 Å². The first-order valence-electron chi connectivity index (χ1n) is 10.2. The highest BCUT2D eigenvalue weighted by Crippen LogP contribution is 2.28. The molecular formula is C25H23FN2O3S. The number of rotatable bonds is 7. The van der Waals surface area contributed by atoms with Crippen LogP contribution in [-0.4, -0.2) is 30.8 Å². The van der Waals surface area contributed by atoms with Gasteiger partial charge in [-0.1, -0.05) is 60.7 Å². The summed E-state index contributed by atoms with van der Waals surface area (Å²) in [6, 6.07) is 22.3. The zero-order chi connectivity index (χ0) is 22.7. The van der Waals surface area contributed by atoms with Crippen molar-refractivity contribution in [3.05, 3.63) is 102 Å². The van der Waals surface area contributed by atoms with Gasteiger partial charge in [0.05, 0.1) is 10.6 Å². The number of sulfone groups is 1. The molecule has 0 saturated carbocycles. The molecule has 7 heteroatoms. The van der Waals surface area contributed by atoms with E-state index in [0.717, 1.165) is 0 Å². The molecule has 164 valence electrons. The molecule has 0 unspecified atom stereocenters. The van der Waals surface area contributed by atoms with E-state index in [4.69, 9.17) is 0 Å². The number of amides is 1. The topological polar surface area (TPSA) is 59.4 Å². The lowest BCUT2D eigenvalue weighted by Gasteiger charge is -2.18. The summed E-state index contributed by atoms with van der Waals surface area (Å²) in [4.78, 5) is 14.6. The fourth-order valence-electron chi connectivity index (χ4n) is 3.73. The summed E-state index contributed by atoms with van der Waals surface area (Å²) >= 11 is 0. The molecule has 32 heavy (non-hydrogen) atoms. The van der Waals surface area contributed by atoms with E-state index < -0.39 is 9.84 Å². The second-order valence-corrected chi connectivity index (χ2v) is 9.72. The number of carbonyl (C=O) groups is 1. The third-order valence-electron chi connectivity index (χ3n) is 5.33. The standard InChI is InChI=1S/C25H23FN2O3S/c1-27(15-20-10-7-11-21(26)14-20)25(29)17-28-16-24(22-12-5-6-13-23(22)28)32(30,31)18-19-8-3-2-4-9-19/h2-14,16H,15,17-18H2,1H3. The van der Waals surface area contributed by atoms with Gasteiger partial charge in [0.25, 0.3) is 0 Å². The van der Waals surface area contributed by atoms with E-state index in [2.05, 4.69) is 0 Å². The second kappa shape index (κ2) is 8.96. The lowest BCUT2D eigenvalue weighted by molar-refractivity contribution is -0.131. The molecule has 4 rings (SSSR count). The number of fused-ring (bicyclic) bond motifs is 1. The van der Waals surface area contributed by atoms with Crippen LogP contribution in [0, 0.1) is 5.82 Å². The first-order chi connectivity index (χ1) is 15.3. The number of halogens is 1. The molecule has 0 spiro atoms. The molecule has 3 aromatic carbocycles. The molecule has 5 nitrogen and oxygen atoms in total. The van der Waals surface area contributed by atoms with E-state index in [9.17, 15) is 17.6 Å². The van der Waals surface area contributed by atoms with Crippen molar-refractivity contribution in [3.8, 4) is 0 Å². The molecule has 0 bridgehead atoms. The lowest BCUT2D eigenvalue weighted by atomic mass is 10.2. The van der Waals surface area contributed by atoms with Crippen LogP contribution in [0.1, 0.15) is 11.1 Å². The Labute approximate surface area is 186 Å². The quantitative estimate of drug-likeness (QED) is 0.419. The van der Waals surface area contributed by atoms with Crippen LogP contribution in [0.25, 0.3) is 10.9 Å². The van der Waals surface area contributed by atoms with Crippen LogP contribution in [0.15, 0.2) is 90.0 Å². The number of carbonyl (C=O) groups excluding carboxylic acids is 1. The van der Waals surface area contributed by atoms with Gasteiger partial charge in [0.1, 0.15) is 12.4 Å². The maximum atomic E-state index is 13.4. The average Bonchev–Trinajstić information content (AvgIpc) is 3.14. The largest absolute Gasteiger partial charge is 0.340 e. The Hall–Kier alpha value is -3.45. The first kappa shape index (κ1) is 21.8. The summed E-state index contributed by atoms with van der Waals surface area (Å²) in [7, 11) is -1.97. The number of para-hydroxylation sites is 1. The number of aromatic nitrogens is 1. The van der Waals surface area contributed by atoms with Gasteiger partial charge >= 0.3 is 0 Å². The highest BCUT2D eigenvalue weighted by Gasteiger charge is 2.23. The Balaban J connectivity index is 1.60. The monoisotopic (exact) mass is 450 g/mol. The van der Waals surface area contributed by atoms with Crippen molar-refractivity contribution in [2.45, 2.75) is 23.7 Å². The molecule has 0 aliphatic heterocycles. The Kier molecular flexibility index (Phi) is 6.10. The second-order valence-electron chi connectivity index (χ2n) is 7.76. The molecule has 1 amide bonds. The molecule has 0 radical (unpaired) electrons.